The second-order valence-electron chi connectivity index (χ2n) is 5.63. The summed E-state index contributed by atoms with van der Waals surface area (Å²) in [5, 5.41) is 2.79. The van der Waals surface area contributed by atoms with E-state index in [4.69, 9.17) is 0 Å². The molecule has 0 unspecified atom stereocenters. The second-order valence-corrected chi connectivity index (χ2v) is 5.63. The molecule has 0 spiro atoms. The predicted octanol–water partition coefficient (Wildman–Crippen LogP) is 4.77. The summed E-state index contributed by atoms with van der Waals surface area (Å²) in [6, 6.07) is 18.3. The van der Waals surface area contributed by atoms with Crippen molar-refractivity contribution in [3.63, 3.8) is 0 Å². The monoisotopic (exact) mass is 235 g/mol. The Hall–Kier alpha value is -1.76. The number of para-hydroxylation sites is 2. The Morgan fingerprint density at radius 3 is 1.83 bits per heavy atom. The van der Waals surface area contributed by atoms with Crippen LogP contribution in [0, 0.1) is 5.92 Å². The highest BCUT2D eigenvalue weighted by atomic mass is 15.0. The summed E-state index contributed by atoms with van der Waals surface area (Å²) < 4.78 is 2.56. The Morgan fingerprint density at radius 2 is 1.33 bits per heavy atom. The molecular formula is C17H17N. The summed E-state index contributed by atoms with van der Waals surface area (Å²) in [5.74, 6) is 0.884. The molecule has 0 radical (unpaired) electrons. The molecule has 1 saturated carbocycles. The third kappa shape index (κ3) is 1.28. The summed E-state index contributed by atoms with van der Waals surface area (Å²) in [4.78, 5) is 0. The molecule has 0 saturated heterocycles. The van der Waals surface area contributed by atoms with E-state index < -0.39 is 0 Å². The zero-order valence-corrected chi connectivity index (χ0v) is 10.6. The molecule has 1 aliphatic rings. The minimum Gasteiger partial charge on any atom is -0.337 e. The highest BCUT2D eigenvalue weighted by Gasteiger charge is 2.28. The number of nitrogens with zero attached hydrogens (tertiary/aromatic N) is 1. The number of rotatable bonds is 1. The van der Waals surface area contributed by atoms with Gasteiger partial charge < -0.3 is 4.57 Å². The SMILES string of the molecule is CC1CC(n2c3ccccc3c3ccccc32)C1. The van der Waals surface area contributed by atoms with Gasteiger partial charge in [0.15, 0.2) is 0 Å². The molecule has 3 aromatic rings. The molecule has 0 atom stereocenters. The molecule has 4 rings (SSSR count). The molecule has 0 bridgehead atoms. The fourth-order valence-electron chi connectivity index (χ4n) is 3.42. The van der Waals surface area contributed by atoms with E-state index in [1.54, 1.807) is 0 Å². The average molecular weight is 235 g/mol. The minimum absolute atomic E-state index is 0.699. The van der Waals surface area contributed by atoms with E-state index in [2.05, 4.69) is 60.0 Å². The molecule has 2 aromatic carbocycles. The lowest BCUT2D eigenvalue weighted by Gasteiger charge is -2.35. The molecular weight excluding hydrogens is 218 g/mol. The van der Waals surface area contributed by atoms with E-state index in [0.717, 1.165) is 5.92 Å². The Balaban J connectivity index is 2.07. The van der Waals surface area contributed by atoms with Crippen molar-refractivity contribution >= 4 is 21.8 Å². The predicted molar refractivity (Wildman–Crippen MR) is 76.9 cm³/mol. The largest absolute Gasteiger partial charge is 0.337 e. The molecule has 1 nitrogen and oxygen atoms in total. The van der Waals surface area contributed by atoms with Crippen LogP contribution in [0.2, 0.25) is 0 Å². The van der Waals surface area contributed by atoms with Crippen molar-refractivity contribution in [1.29, 1.82) is 0 Å². The first-order chi connectivity index (χ1) is 8.84. The van der Waals surface area contributed by atoms with Gasteiger partial charge in [-0.05, 0) is 30.9 Å². The van der Waals surface area contributed by atoms with Gasteiger partial charge in [0.05, 0.1) is 0 Å². The first-order valence-corrected chi connectivity index (χ1v) is 6.82. The van der Waals surface area contributed by atoms with Crippen LogP contribution < -0.4 is 0 Å². The summed E-state index contributed by atoms with van der Waals surface area (Å²) in [5.41, 5.74) is 2.80. The summed E-state index contributed by atoms with van der Waals surface area (Å²) in [6.45, 7) is 2.35. The van der Waals surface area contributed by atoms with Crippen LogP contribution in [0.15, 0.2) is 48.5 Å². The molecule has 1 heterocycles. The third-order valence-corrected chi connectivity index (χ3v) is 4.33. The van der Waals surface area contributed by atoms with Crippen molar-refractivity contribution in [2.24, 2.45) is 5.92 Å². The summed E-state index contributed by atoms with van der Waals surface area (Å²) >= 11 is 0. The normalized spacial score (nSPS) is 23.4. The van der Waals surface area contributed by atoms with E-state index in [1.165, 1.54) is 34.6 Å². The van der Waals surface area contributed by atoms with Crippen LogP contribution in [-0.4, -0.2) is 4.57 Å². The van der Waals surface area contributed by atoms with Crippen LogP contribution in [0.5, 0.6) is 0 Å². The Bertz CT molecular complexity index is 663. The molecule has 1 heteroatoms. The Labute approximate surface area is 107 Å². The van der Waals surface area contributed by atoms with Crippen LogP contribution in [0.3, 0.4) is 0 Å². The van der Waals surface area contributed by atoms with Crippen molar-refractivity contribution < 1.29 is 0 Å². The van der Waals surface area contributed by atoms with Crippen molar-refractivity contribution in [2.45, 2.75) is 25.8 Å². The maximum Gasteiger partial charge on any atom is 0.0493 e. The van der Waals surface area contributed by atoms with Crippen LogP contribution in [0.25, 0.3) is 21.8 Å². The summed E-state index contributed by atoms with van der Waals surface area (Å²) in [6.07, 6.45) is 2.64. The van der Waals surface area contributed by atoms with Crippen LogP contribution >= 0.6 is 0 Å². The van der Waals surface area contributed by atoms with E-state index in [0.29, 0.717) is 6.04 Å². The number of fused-ring (bicyclic) bond motifs is 3. The quantitative estimate of drug-likeness (QED) is 0.572. The molecule has 0 amide bonds. The fraction of sp³-hybridized carbons (Fsp3) is 0.294. The van der Waals surface area contributed by atoms with Gasteiger partial charge in [-0.15, -0.1) is 0 Å². The van der Waals surface area contributed by atoms with Crippen molar-refractivity contribution in [1.82, 2.24) is 4.57 Å². The average Bonchev–Trinajstić information content (AvgIpc) is 2.70. The van der Waals surface area contributed by atoms with Crippen molar-refractivity contribution in [3.05, 3.63) is 48.5 Å². The van der Waals surface area contributed by atoms with Gasteiger partial charge in [-0.3, -0.25) is 0 Å². The first kappa shape index (κ1) is 10.2. The van der Waals surface area contributed by atoms with Crippen molar-refractivity contribution in [3.8, 4) is 0 Å². The van der Waals surface area contributed by atoms with E-state index in [1.807, 2.05) is 0 Å². The van der Waals surface area contributed by atoms with Gasteiger partial charge in [0.2, 0.25) is 0 Å². The van der Waals surface area contributed by atoms with Gasteiger partial charge in [-0.2, -0.15) is 0 Å². The fourth-order valence-corrected chi connectivity index (χ4v) is 3.42. The van der Waals surface area contributed by atoms with Gasteiger partial charge in [0.25, 0.3) is 0 Å². The van der Waals surface area contributed by atoms with E-state index in [-0.39, 0.29) is 0 Å². The first-order valence-electron chi connectivity index (χ1n) is 6.82. The number of benzene rings is 2. The van der Waals surface area contributed by atoms with Crippen molar-refractivity contribution in [2.75, 3.05) is 0 Å². The lowest BCUT2D eigenvalue weighted by Crippen LogP contribution is -2.24. The highest BCUT2D eigenvalue weighted by molar-refractivity contribution is 6.08. The number of hydrogen-bond donors (Lipinski definition) is 0. The maximum absolute atomic E-state index is 2.56. The van der Waals surface area contributed by atoms with Gasteiger partial charge in [0.1, 0.15) is 0 Å². The zero-order valence-electron chi connectivity index (χ0n) is 10.6. The smallest absolute Gasteiger partial charge is 0.0493 e. The van der Waals surface area contributed by atoms with Gasteiger partial charge in [-0.1, -0.05) is 43.3 Å². The highest BCUT2D eigenvalue weighted by Crippen LogP contribution is 2.42. The lowest BCUT2D eigenvalue weighted by atomic mass is 9.81. The molecule has 1 aromatic heterocycles. The molecule has 18 heavy (non-hydrogen) atoms. The maximum atomic E-state index is 2.56. The van der Waals surface area contributed by atoms with E-state index >= 15 is 0 Å². The standard InChI is InChI=1S/C17H17N/c1-12-10-13(11-12)18-16-8-4-2-6-14(16)15-7-3-5-9-17(15)18/h2-9,12-13H,10-11H2,1H3. The third-order valence-electron chi connectivity index (χ3n) is 4.33. The van der Waals surface area contributed by atoms with Crippen LogP contribution in [-0.2, 0) is 0 Å². The molecule has 0 aliphatic heterocycles. The topological polar surface area (TPSA) is 4.93 Å². The van der Waals surface area contributed by atoms with Crippen LogP contribution in [0.4, 0.5) is 0 Å². The lowest BCUT2D eigenvalue weighted by molar-refractivity contribution is 0.226. The van der Waals surface area contributed by atoms with Gasteiger partial charge in [0, 0.05) is 27.8 Å². The Morgan fingerprint density at radius 1 is 0.833 bits per heavy atom. The van der Waals surface area contributed by atoms with Gasteiger partial charge in [-0.25, -0.2) is 0 Å². The Kier molecular flexibility index (Phi) is 2.05. The molecule has 1 aliphatic carbocycles. The van der Waals surface area contributed by atoms with Crippen LogP contribution in [0.1, 0.15) is 25.8 Å². The second kappa shape index (κ2) is 3.61. The number of hydrogen-bond acceptors (Lipinski definition) is 0. The molecule has 0 N–H and O–H groups in total. The molecule has 90 valence electrons. The minimum atomic E-state index is 0.699. The molecule has 1 fully saturated rings. The summed E-state index contributed by atoms with van der Waals surface area (Å²) in [7, 11) is 0. The van der Waals surface area contributed by atoms with E-state index in [9.17, 15) is 0 Å². The number of aromatic nitrogens is 1. The van der Waals surface area contributed by atoms with Gasteiger partial charge >= 0.3 is 0 Å². The zero-order chi connectivity index (χ0) is 12.1.